The number of nitrogens with zero attached hydrogens (tertiary/aromatic N) is 1. The number of aliphatic imine (C=N–C) groups is 1. The molecule has 5 nitrogen and oxygen atoms in total. The number of hydrogen-bond acceptors (Lipinski definition) is 4. The van der Waals surface area contributed by atoms with Gasteiger partial charge in [-0.05, 0) is 66.9 Å². The molecule has 5 N–H and O–H groups in total. The number of ether oxygens (including phenoxy) is 1. The maximum Gasteiger partial charge on any atom is 0.129 e. The Kier molecular flexibility index (Phi) is 5.80. The zero-order valence-corrected chi connectivity index (χ0v) is 17.9. The third kappa shape index (κ3) is 4.20. The number of rotatable bonds is 5. The van der Waals surface area contributed by atoms with Gasteiger partial charge in [0, 0.05) is 6.42 Å². The molecule has 2 aliphatic carbocycles. The van der Waals surface area contributed by atoms with Crippen LogP contribution >= 0.6 is 0 Å². The lowest BCUT2D eigenvalue weighted by molar-refractivity contribution is 0.379. The molecule has 0 saturated heterocycles. The lowest BCUT2D eigenvalue weighted by atomic mass is 9.84. The number of allylic oxidation sites excluding steroid dienone is 4. The quantitative estimate of drug-likeness (QED) is 0.479. The van der Waals surface area contributed by atoms with Crippen LogP contribution in [0.1, 0.15) is 57.9 Å². The Morgan fingerprint density at radius 1 is 1.13 bits per heavy atom. The first-order valence-electron chi connectivity index (χ1n) is 11.0. The molecule has 4 rings (SSSR count). The lowest BCUT2D eigenvalue weighted by Gasteiger charge is -2.28. The van der Waals surface area contributed by atoms with Gasteiger partial charge in [0.05, 0.1) is 11.6 Å². The molecule has 3 aliphatic rings. The van der Waals surface area contributed by atoms with E-state index in [0.717, 1.165) is 35.5 Å². The topological polar surface area (TPSA) is 97.5 Å². The van der Waals surface area contributed by atoms with Crippen molar-refractivity contribution in [3.8, 4) is 5.75 Å². The molecule has 1 fully saturated rings. The minimum Gasteiger partial charge on any atom is -0.461 e. The zero-order valence-electron chi connectivity index (χ0n) is 17.9. The van der Waals surface area contributed by atoms with E-state index in [2.05, 4.69) is 38.1 Å². The van der Waals surface area contributed by atoms with Crippen LogP contribution in [0.15, 0.2) is 58.3 Å². The number of nitrogens with two attached hydrogens (primary N) is 2. The smallest absolute Gasteiger partial charge is 0.129 e. The van der Waals surface area contributed by atoms with E-state index >= 15 is 0 Å². The van der Waals surface area contributed by atoms with Crippen LogP contribution in [-0.4, -0.2) is 17.7 Å². The fourth-order valence-corrected chi connectivity index (χ4v) is 4.84. The standard InChI is InChI=1S/C25H32N4O/c1-15-7-8-16(2)22(13-15)30-19-11-9-17(10-12-19)20-14-21(18-5-3-4-6-18)29-25(28)23(20)24(26)27/h7-12,15,18,21H,3-6,13-14H2,1-2H3,(H3,26,27)(H2,28,29). The maximum absolute atomic E-state index is 8.05. The summed E-state index contributed by atoms with van der Waals surface area (Å²) in [6.07, 6.45) is 11.0. The molecule has 1 aromatic carbocycles. The normalized spacial score (nSPS) is 24.9. The number of nitrogens with one attached hydrogen (secondary N) is 1. The van der Waals surface area contributed by atoms with Crippen LogP contribution in [0.2, 0.25) is 0 Å². The van der Waals surface area contributed by atoms with Gasteiger partial charge in [0.25, 0.3) is 0 Å². The molecule has 5 heteroatoms. The van der Waals surface area contributed by atoms with Crippen molar-refractivity contribution in [1.82, 2.24) is 0 Å². The summed E-state index contributed by atoms with van der Waals surface area (Å²) < 4.78 is 6.18. The minimum atomic E-state index is -0.0137. The van der Waals surface area contributed by atoms with E-state index in [0.29, 0.717) is 23.2 Å². The monoisotopic (exact) mass is 404 g/mol. The van der Waals surface area contributed by atoms with E-state index in [1.54, 1.807) is 0 Å². The molecule has 0 amide bonds. The summed E-state index contributed by atoms with van der Waals surface area (Å²) in [7, 11) is 0. The van der Waals surface area contributed by atoms with Crippen molar-refractivity contribution in [1.29, 1.82) is 5.41 Å². The predicted molar refractivity (Wildman–Crippen MR) is 124 cm³/mol. The van der Waals surface area contributed by atoms with Gasteiger partial charge < -0.3 is 16.2 Å². The Balaban J connectivity index is 1.59. The van der Waals surface area contributed by atoms with Crippen LogP contribution in [0.5, 0.6) is 5.75 Å². The first-order chi connectivity index (χ1) is 14.4. The second kappa shape index (κ2) is 8.50. The van der Waals surface area contributed by atoms with Crippen molar-refractivity contribution in [2.75, 3.05) is 0 Å². The SMILES string of the molecule is CC1=C(Oc2ccc(C3=C(C(=N)N)C(N)=NC(C4CCCC4)C3)cc2)CC(C)C=C1. The van der Waals surface area contributed by atoms with Gasteiger partial charge in [-0.2, -0.15) is 0 Å². The zero-order chi connectivity index (χ0) is 21.3. The summed E-state index contributed by atoms with van der Waals surface area (Å²) >= 11 is 0. The van der Waals surface area contributed by atoms with Crippen molar-refractivity contribution in [2.24, 2.45) is 28.3 Å². The number of amidine groups is 2. The molecule has 0 spiro atoms. The van der Waals surface area contributed by atoms with Crippen LogP contribution < -0.4 is 16.2 Å². The Labute approximate surface area is 179 Å². The largest absolute Gasteiger partial charge is 0.461 e. The summed E-state index contributed by atoms with van der Waals surface area (Å²) in [4.78, 5) is 4.73. The summed E-state index contributed by atoms with van der Waals surface area (Å²) in [5.41, 5.74) is 16.0. The molecule has 0 aromatic heterocycles. The van der Waals surface area contributed by atoms with Crippen molar-refractivity contribution < 1.29 is 4.74 Å². The molecule has 1 aliphatic heterocycles. The highest BCUT2D eigenvalue weighted by Gasteiger charge is 2.31. The van der Waals surface area contributed by atoms with Crippen LogP contribution in [0.3, 0.4) is 0 Å². The van der Waals surface area contributed by atoms with Crippen molar-refractivity contribution in [3.63, 3.8) is 0 Å². The molecule has 1 aromatic rings. The summed E-state index contributed by atoms with van der Waals surface area (Å²) in [6, 6.07) is 8.28. The van der Waals surface area contributed by atoms with Crippen LogP contribution in [0.4, 0.5) is 0 Å². The van der Waals surface area contributed by atoms with Gasteiger partial charge in [0.15, 0.2) is 0 Å². The number of dihydropyridines is 1. The summed E-state index contributed by atoms with van der Waals surface area (Å²) in [6.45, 7) is 4.28. The van der Waals surface area contributed by atoms with E-state index in [4.69, 9.17) is 26.6 Å². The molecular formula is C25H32N4O. The average Bonchev–Trinajstić information content (AvgIpc) is 3.25. The van der Waals surface area contributed by atoms with Crippen LogP contribution in [-0.2, 0) is 0 Å². The van der Waals surface area contributed by atoms with Gasteiger partial charge in [0.2, 0.25) is 0 Å². The van der Waals surface area contributed by atoms with Gasteiger partial charge in [-0.25, -0.2) is 0 Å². The van der Waals surface area contributed by atoms with E-state index in [9.17, 15) is 0 Å². The Morgan fingerprint density at radius 2 is 1.83 bits per heavy atom. The van der Waals surface area contributed by atoms with Crippen molar-refractivity contribution in [2.45, 2.75) is 58.4 Å². The number of benzene rings is 1. The van der Waals surface area contributed by atoms with E-state index in [-0.39, 0.29) is 11.9 Å². The minimum absolute atomic E-state index is 0.0137. The Bertz CT molecular complexity index is 946. The molecular weight excluding hydrogens is 372 g/mol. The molecule has 1 saturated carbocycles. The van der Waals surface area contributed by atoms with Crippen LogP contribution in [0.25, 0.3) is 5.57 Å². The van der Waals surface area contributed by atoms with Gasteiger partial charge in [0.1, 0.15) is 23.2 Å². The van der Waals surface area contributed by atoms with E-state index in [1.807, 2.05) is 12.1 Å². The van der Waals surface area contributed by atoms with Gasteiger partial charge in [-0.1, -0.05) is 44.1 Å². The van der Waals surface area contributed by atoms with Crippen molar-refractivity contribution >= 4 is 17.2 Å². The fourth-order valence-electron chi connectivity index (χ4n) is 4.84. The van der Waals surface area contributed by atoms with Crippen molar-refractivity contribution in [3.05, 3.63) is 58.9 Å². The summed E-state index contributed by atoms with van der Waals surface area (Å²) in [5, 5.41) is 8.05. The molecule has 158 valence electrons. The molecule has 2 unspecified atom stereocenters. The lowest BCUT2D eigenvalue weighted by Crippen LogP contribution is -2.34. The third-order valence-electron chi connectivity index (χ3n) is 6.56. The molecule has 0 radical (unpaired) electrons. The Morgan fingerprint density at radius 3 is 2.50 bits per heavy atom. The molecule has 30 heavy (non-hydrogen) atoms. The highest BCUT2D eigenvalue weighted by Crippen LogP contribution is 2.38. The second-order valence-corrected chi connectivity index (χ2v) is 8.87. The van der Waals surface area contributed by atoms with E-state index < -0.39 is 0 Å². The number of hydrogen-bond donors (Lipinski definition) is 3. The first-order valence-corrected chi connectivity index (χ1v) is 11.0. The maximum atomic E-state index is 8.05. The van der Waals surface area contributed by atoms with E-state index in [1.165, 1.54) is 31.3 Å². The molecule has 1 heterocycles. The highest BCUT2D eigenvalue weighted by molar-refractivity contribution is 6.26. The average molecular weight is 405 g/mol. The van der Waals surface area contributed by atoms with Crippen LogP contribution in [0, 0.1) is 17.2 Å². The third-order valence-corrected chi connectivity index (χ3v) is 6.56. The summed E-state index contributed by atoms with van der Waals surface area (Å²) in [5.74, 6) is 3.31. The first kappa shape index (κ1) is 20.5. The second-order valence-electron chi connectivity index (χ2n) is 8.87. The Hall–Kier alpha value is -2.82. The van der Waals surface area contributed by atoms with Gasteiger partial charge in [-0.3, -0.25) is 10.4 Å². The molecule has 2 atom stereocenters. The fraction of sp³-hybridized carbons (Fsp3) is 0.440. The van der Waals surface area contributed by atoms with Gasteiger partial charge >= 0.3 is 0 Å². The predicted octanol–water partition coefficient (Wildman–Crippen LogP) is 4.94. The highest BCUT2D eigenvalue weighted by atomic mass is 16.5. The molecule has 0 bridgehead atoms. The van der Waals surface area contributed by atoms with Gasteiger partial charge in [-0.15, -0.1) is 0 Å².